The summed E-state index contributed by atoms with van der Waals surface area (Å²) in [5.41, 5.74) is 4.72. The van der Waals surface area contributed by atoms with Gasteiger partial charge in [0.15, 0.2) is 0 Å². The van der Waals surface area contributed by atoms with Crippen molar-refractivity contribution in [3.8, 4) is 28.3 Å². The van der Waals surface area contributed by atoms with Gasteiger partial charge in [0.05, 0.1) is 29.9 Å². The maximum Gasteiger partial charge on any atom is 0.140 e. The second-order valence-corrected chi connectivity index (χ2v) is 8.39. The molecule has 6 rings (SSSR count). The van der Waals surface area contributed by atoms with Crippen molar-refractivity contribution < 1.29 is 4.74 Å². The topological polar surface area (TPSA) is 81.3 Å². The Labute approximate surface area is 180 Å². The summed E-state index contributed by atoms with van der Waals surface area (Å²) in [4.78, 5) is 9.52. The molecule has 0 radical (unpaired) electrons. The number of nitrogens with one attached hydrogen (secondary N) is 2. The summed E-state index contributed by atoms with van der Waals surface area (Å²) in [5, 5.41) is 11.3. The van der Waals surface area contributed by atoms with E-state index >= 15 is 0 Å². The van der Waals surface area contributed by atoms with E-state index in [4.69, 9.17) is 9.72 Å². The van der Waals surface area contributed by atoms with Crippen LogP contribution in [-0.4, -0.2) is 49.4 Å². The molecular weight excluding hydrogens is 390 g/mol. The first-order chi connectivity index (χ1) is 15.2. The molecule has 2 aliphatic rings. The molecule has 1 saturated heterocycles. The van der Waals surface area contributed by atoms with Gasteiger partial charge in [-0.3, -0.25) is 9.08 Å². The van der Waals surface area contributed by atoms with Gasteiger partial charge in [-0.05, 0) is 37.9 Å². The normalized spacial score (nSPS) is 18.5. The Morgan fingerprint density at radius 2 is 2.10 bits per heavy atom. The van der Waals surface area contributed by atoms with Gasteiger partial charge in [-0.25, -0.2) is 9.97 Å². The molecule has 0 aromatic carbocycles. The average molecular weight is 416 g/mol. The standard InChI is InChI=1S/C23H25N7O/c1-29-13-15(10-26-29)18-14-30-20(12-25-23(30)9-21(18)31-17-5-6-17)19-3-2-4-22(28-19)27-16-7-8-24-11-16/h2-4,9-10,12-14,16-17,24H,5-8,11H2,1H3,(H,27,28). The summed E-state index contributed by atoms with van der Waals surface area (Å²) in [6.07, 6.45) is 11.5. The lowest BCUT2D eigenvalue weighted by Crippen LogP contribution is -2.22. The summed E-state index contributed by atoms with van der Waals surface area (Å²) >= 11 is 0. The van der Waals surface area contributed by atoms with Crippen LogP contribution in [0.1, 0.15) is 19.3 Å². The molecule has 1 unspecified atom stereocenters. The third-order valence-electron chi connectivity index (χ3n) is 5.87. The lowest BCUT2D eigenvalue weighted by molar-refractivity contribution is 0.304. The van der Waals surface area contributed by atoms with Gasteiger partial charge in [0, 0.05) is 49.2 Å². The van der Waals surface area contributed by atoms with Crippen molar-refractivity contribution in [2.75, 3.05) is 18.4 Å². The zero-order valence-electron chi connectivity index (χ0n) is 17.5. The monoisotopic (exact) mass is 415 g/mol. The highest BCUT2D eigenvalue weighted by Gasteiger charge is 2.26. The van der Waals surface area contributed by atoms with Crippen LogP contribution < -0.4 is 15.4 Å². The van der Waals surface area contributed by atoms with Crippen molar-refractivity contribution in [3.63, 3.8) is 0 Å². The van der Waals surface area contributed by atoms with Crippen LogP contribution in [0, 0.1) is 0 Å². The van der Waals surface area contributed by atoms with Crippen LogP contribution in [0.5, 0.6) is 5.75 Å². The molecule has 0 amide bonds. The van der Waals surface area contributed by atoms with Crippen LogP contribution in [0.25, 0.3) is 28.2 Å². The van der Waals surface area contributed by atoms with Crippen LogP contribution in [0.3, 0.4) is 0 Å². The number of aryl methyl sites for hydroxylation is 1. The smallest absolute Gasteiger partial charge is 0.140 e. The third-order valence-corrected chi connectivity index (χ3v) is 5.87. The number of ether oxygens (including phenoxy) is 1. The number of fused-ring (bicyclic) bond motifs is 1. The van der Waals surface area contributed by atoms with E-state index in [0.717, 1.165) is 72.1 Å². The molecule has 8 nitrogen and oxygen atoms in total. The maximum atomic E-state index is 6.21. The quantitative estimate of drug-likeness (QED) is 0.504. The molecule has 4 aromatic heterocycles. The Hall–Kier alpha value is -3.39. The minimum Gasteiger partial charge on any atom is -0.490 e. The third kappa shape index (κ3) is 3.63. The molecule has 31 heavy (non-hydrogen) atoms. The van der Waals surface area contributed by atoms with Crippen molar-refractivity contribution >= 4 is 11.5 Å². The number of anilines is 1. The van der Waals surface area contributed by atoms with Crippen molar-refractivity contribution in [3.05, 3.63) is 49.1 Å². The second kappa shape index (κ2) is 7.39. The molecule has 0 spiro atoms. The minimum absolute atomic E-state index is 0.307. The van der Waals surface area contributed by atoms with Gasteiger partial charge in [-0.15, -0.1) is 0 Å². The molecule has 2 fully saturated rings. The fourth-order valence-electron chi connectivity index (χ4n) is 4.08. The van der Waals surface area contributed by atoms with Crippen molar-refractivity contribution in [2.45, 2.75) is 31.4 Å². The molecule has 1 aliphatic heterocycles. The van der Waals surface area contributed by atoms with Gasteiger partial charge in [-0.1, -0.05) is 6.07 Å². The molecular formula is C23H25N7O. The zero-order chi connectivity index (χ0) is 20.8. The van der Waals surface area contributed by atoms with Crippen molar-refractivity contribution in [2.24, 2.45) is 7.05 Å². The molecule has 0 bridgehead atoms. The van der Waals surface area contributed by atoms with Gasteiger partial charge in [-0.2, -0.15) is 5.10 Å². The van der Waals surface area contributed by atoms with E-state index in [0.29, 0.717) is 12.1 Å². The lowest BCUT2D eigenvalue weighted by Gasteiger charge is -2.13. The average Bonchev–Trinajstić information content (AvgIpc) is 3.14. The lowest BCUT2D eigenvalue weighted by atomic mass is 10.1. The van der Waals surface area contributed by atoms with Crippen LogP contribution in [0.2, 0.25) is 0 Å². The van der Waals surface area contributed by atoms with Crippen LogP contribution in [-0.2, 0) is 7.05 Å². The van der Waals surface area contributed by atoms with Gasteiger partial charge < -0.3 is 15.4 Å². The second-order valence-electron chi connectivity index (χ2n) is 8.39. The van der Waals surface area contributed by atoms with Crippen LogP contribution in [0.15, 0.2) is 49.1 Å². The Morgan fingerprint density at radius 3 is 2.87 bits per heavy atom. The molecule has 1 saturated carbocycles. The van der Waals surface area contributed by atoms with E-state index in [1.54, 1.807) is 0 Å². The van der Waals surface area contributed by atoms with Gasteiger partial charge >= 0.3 is 0 Å². The summed E-state index contributed by atoms with van der Waals surface area (Å²) in [6.45, 7) is 2.02. The molecule has 158 valence electrons. The van der Waals surface area contributed by atoms with E-state index in [2.05, 4.69) is 31.3 Å². The Bertz CT molecular complexity index is 1230. The number of rotatable bonds is 6. The Kier molecular flexibility index (Phi) is 4.38. The number of nitrogens with zero attached hydrogens (tertiary/aromatic N) is 5. The summed E-state index contributed by atoms with van der Waals surface area (Å²) in [5.74, 6) is 1.75. The fourth-order valence-corrected chi connectivity index (χ4v) is 4.08. The summed E-state index contributed by atoms with van der Waals surface area (Å²) < 4.78 is 10.1. The number of imidazole rings is 1. The van der Waals surface area contributed by atoms with E-state index in [9.17, 15) is 0 Å². The molecule has 2 N–H and O–H groups in total. The molecule has 1 atom stereocenters. The fraction of sp³-hybridized carbons (Fsp3) is 0.348. The van der Waals surface area contributed by atoms with E-state index in [1.807, 2.05) is 54.6 Å². The predicted molar refractivity (Wildman–Crippen MR) is 119 cm³/mol. The molecule has 8 heteroatoms. The number of hydrogen-bond acceptors (Lipinski definition) is 6. The molecule has 1 aliphatic carbocycles. The largest absolute Gasteiger partial charge is 0.490 e. The van der Waals surface area contributed by atoms with E-state index in [-0.39, 0.29) is 0 Å². The first-order valence-electron chi connectivity index (χ1n) is 10.8. The first kappa shape index (κ1) is 18.4. The Morgan fingerprint density at radius 1 is 1.16 bits per heavy atom. The molecule has 4 aromatic rings. The number of hydrogen-bond donors (Lipinski definition) is 2. The van der Waals surface area contributed by atoms with Crippen LogP contribution >= 0.6 is 0 Å². The van der Waals surface area contributed by atoms with Gasteiger partial charge in [0.1, 0.15) is 17.2 Å². The first-order valence-corrected chi connectivity index (χ1v) is 10.8. The van der Waals surface area contributed by atoms with Crippen molar-refractivity contribution in [1.82, 2.24) is 29.5 Å². The highest BCUT2D eigenvalue weighted by Crippen LogP contribution is 2.36. The minimum atomic E-state index is 0.307. The maximum absolute atomic E-state index is 6.21. The highest BCUT2D eigenvalue weighted by molar-refractivity contribution is 5.74. The van der Waals surface area contributed by atoms with Crippen LogP contribution in [0.4, 0.5) is 5.82 Å². The predicted octanol–water partition coefficient (Wildman–Crippen LogP) is 3.11. The Balaban J connectivity index is 1.41. The van der Waals surface area contributed by atoms with Gasteiger partial charge in [0.25, 0.3) is 0 Å². The molecule has 5 heterocycles. The van der Waals surface area contributed by atoms with Crippen molar-refractivity contribution in [1.29, 1.82) is 0 Å². The van der Waals surface area contributed by atoms with E-state index in [1.165, 1.54) is 0 Å². The number of aromatic nitrogens is 5. The SMILES string of the molecule is Cn1cc(-c2cn3c(-c4cccc(NC5CCNC5)n4)cnc3cc2OC2CC2)cn1. The number of pyridine rings is 2. The zero-order valence-corrected chi connectivity index (χ0v) is 17.5. The van der Waals surface area contributed by atoms with Gasteiger partial charge in [0.2, 0.25) is 0 Å². The van der Waals surface area contributed by atoms with E-state index < -0.39 is 0 Å². The summed E-state index contributed by atoms with van der Waals surface area (Å²) in [7, 11) is 1.92. The highest BCUT2D eigenvalue weighted by atomic mass is 16.5. The summed E-state index contributed by atoms with van der Waals surface area (Å²) in [6, 6.07) is 8.53.